The number of likely N-dealkylation sites (tertiary alicyclic amines) is 1. The van der Waals surface area contributed by atoms with Crippen LogP contribution in [0.4, 0.5) is 13.2 Å². The Morgan fingerprint density at radius 1 is 1.42 bits per heavy atom. The number of pyridine rings is 1. The van der Waals surface area contributed by atoms with Gasteiger partial charge in [-0.3, -0.25) is 4.90 Å². The highest BCUT2D eigenvalue weighted by Gasteiger charge is 2.35. The zero-order chi connectivity index (χ0) is 14.2. The molecule has 1 aliphatic rings. The van der Waals surface area contributed by atoms with Gasteiger partial charge in [-0.15, -0.1) is 0 Å². The Bertz CT molecular complexity index is 470. The molecule has 4 nitrogen and oxygen atoms in total. The van der Waals surface area contributed by atoms with Crippen LogP contribution >= 0.6 is 11.6 Å². The summed E-state index contributed by atoms with van der Waals surface area (Å²) in [6.07, 6.45) is -5.96. The van der Waals surface area contributed by atoms with E-state index in [-0.39, 0.29) is 17.3 Å². The first-order valence-electron chi connectivity index (χ1n) is 5.62. The van der Waals surface area contributed by atoms with Crippen LogP contribution in [0.15, 0.2) is 12.1 Å². The summed E-state index contributed by atoms with van der Waals surface area (Å²) < 4.78 is 37.8. The summed E-state index contributed by atoms with van der Waals surface area (Å²) in [7, 11) is 0. The number of alkyl halides is 3. The number of aliphatic hydroxyl groups is 2. The Morgan fingerprint density at radius 3 is 2.63 bits per heavy atom. The van der Waals surface area contributed by atoms with E-state index in [1.807, 2.05) is 0 Å². The third-order valence-corrected chi connectivity index (χ3v) is 3.14. The minimum absolute atomic E-state index is 0.0152. The first-order chi connectivity index (χ1) is 8.77. The smallest absolute Gasteiger partial charge is 0.392 e. The second-order valence-electron chi connectivity index (χ2n) is 4.42. The standard InChI is InChI=1S/C11H12ClF3N2O2/c12-9-4-6(3-8(16-9)11(13,14)15)10(19)17-2-1-7(18)5-17/h3-4,7,10,18-19H,1-2,5H2/t7-,10?/m0/s1. The van der Waals surface area contributed by atoms with E-state index in [0.29, 0.717) is 13.0 Å². The van der Waals surface area contributed by atoms with E-state index < -0.39 is 24.2 Å². The number of aromatic nitrogens is 1. The number of halogens is 4. The van der Waals surface area contributed by atoms with E-state index in [4.69, 9.17) is 11.6 Å². The van der Waals surface area contributed by atoms with Crippen molar-refractivity contribution in [3.05, 3.63) is 28.5 Å². The maximum Gasteiger partial charge on any atom is 0.433 e. The van der Waals surface area contributed by atoms with Crippen molar-refractivity contribution in [1.29, 1.82) is 0 Å². The van der Waals surface area contributed by atoms with E-state index in [0.717, 1.165) is 6.07 Å². The van der Waals surface area contributed by atoms with Gasteiger partial charge in [0.2, 0.25) is 0 Å². The van der Waals surface area contributed by atoms with Crippen LogP contribution in [0.25, 0.3) is 0 Å². The maximum atomic E-state index is 12.6. The SMILES string of the molecule is OC(c1cc(Cl)nc(C(F)(F)F)c1)N1CC[C@H](O)C1. The number of nitrogens with zero attached hydrogens (tertiary/aromatic N) is 2. The summed E-state index contributed by atoms with van der Waals surface area (Å²) in [6.45, 7) is 0.617. The summed E-state index contributed by atoms with van der Waals surface area (Å²) in [6, 6.07) is 1.95. The molecule has 1 unspecified atom stereocenters. The van der Waals surface area contributed by atoms with Crippen LogP contribution < -0.4 is 0 Å². The predicted molar refractivity (Wildman–Crippen MR) is 61.4 cm³/mol. The zero-order valence-electron chi connectivity index (χ0n) is 9.73. The van der Waals surface area contributed by atoms with Crippen molar-refractivity contribution in [2.45, 2.75) is 24.9 Å². The van der Waals surface area contributed by atoms with Gasteiger partial charge in [-0.05, 0) is 18.6 Å². The molecule has 19 heavy (non-hydrogen) atoms. The molecule has 0 amide bonds. The normalized spacial score (nSPS) is 22.7. The number of hydrogen-bond acceptors (Lipinski definition) is 4. The van der Waals surface area contributed by atoms with Crippen LogP contribution in [0, 0.1) is 0 Å². The lowest BCUT2D eigenvalue weighted by Gasteiger charge is -2.23. The lowest BCUT2D eigenvalue weighted by molar-refractivity contribution is -0.141. The van der Waals surface area contributed by atoms with E-state index in [1.54, 1.807) is 0 Å². The van der Waals surface area contributed by atoms with Crippen molar-refractivity contribution >= 4 is 11.6 Å². The molecule has 1 saturated heterocycles. The van der Waals surface area contributed by atoms with Gasteiger partial charge in [0, 0.05) is 18.7 Å². The average Bonchev–Trinajstić information content (AvgIpc) is 2.73. The average molecular weight is 297 g/mol. The Morgan fingerprint density at radius 2 is 2.11 bits per heavy atom. The Hall–Kier alpha value is -0.890. The molecule has 0 spiro atoms. The van der Waals surface area contributed by atoms with Crippen molar-refractivity contribution in [3.8, 4) is 0 Å². The molecule has 0 aromatic carbocycles. The zero-order valence-corrected chi connectivity index (χ0v) is 10.5. The lowest BCUT2D eigenvalue weighted by Crippen LogP contribution is -2.27. The number of β-amino-alcohol motifs (C(OH)–C–C–N with tert-alkyl or cyclic N) is 1. The summed E-state index contributed by atoms with van der Waals surface area (Å²) in [5.74, 6) is 0. The molecule has 1 aromatic rings. The van der Waals surface area contributed by atoms with Crippen molar-refractivity contribution in [1.82, 2.24) is 9.88 Å². The van der Waals surface area contributed by atoms with Gasteiger partial charge >= 0.3 is 6.18 Å². The molecule has 0 aliphatic carbocycles. The van der Waals surface area contributed by atoms with E-state index in [1.165, 1.54) is 11.0 Å². The fourth-order valence-electron chi connectivity index (χ4n) is 2.01. The number of rotatable bonds is 2. The molecule has 0 saturated carbocycles. The van der Waals surface area contributed by atoms with Crippen molar-refractivity contribution in [2.75, 3.05) is 13.1 Å². The van der Waals surface area contributed by atoms with Crippen LogP contribution in [0.2, 0.25) is 5.15 Å². The molecule has 1 aliphatic heterocycles. The molecule has 2 rings (SSSR count). The van der Waals surface area contributed by atoms with Gasteiger partial charge in [-0.2, -0.15) is 13.2 Å². The summed E-state index contributed by atoms with van der Waals surface area (Å²) in [5.41, 5.74) is -1.13. The molecule has 106 valence electrons. The Balaban J connectivity index is 2.27. The molecule has 8 heteroatoms. The first-order valence-corrected chi connectivity index (χ1v) is 6.00. The van der Waals surface area contributed by atoms with E-state index in [9.17, 15) is 23.4 Å². The molecular weight excluding hydrogens is 285 g/mol. The highest BCUT2D eigenvalue weighted by Crippen LogP contribution is 2.32. The van der Waals surface area contributed by atoms with Gasteiger partial charge in [0.25, 0.3) is 0 Å². The van der Waals surface area contributed by atoms with Crippen LogP contribution in [0.1, 0.15) is 23.9 Å². The largest absolute Gasteiger partial charge is 0.433 e. The topological polar surface area (TPSA) is 56.6 Å². The molecule has 2 N–H and O–H groups in total. The molecule has 0 bridgehead atoms. The van der Waals surface area contributed by atoms with Crippen LogP contribution in [0.3, 0.4) is 0 Å². The Labute approximate surface area is 112 Å². The second kappa shape index (κ2) is 5.24. The van der Waals surface area contributed by atoms with Crippen molar-refractivity contribution in [3.63, 3.8) is 0 Å². The molecule has 2 heterocycles. The predicted octanol–water partition coefficient (Wildman–Crippen LogP) is 1.81. The molecular formula is C11H12ClF3N2O2. The fraction of sp³-hybridized carbons (Fsp3) is 0.545. The lowest BCUT2D eigenvalue weighted by atomic mass is 10.2. The Kier molecular flexibility index (Phi) is 4.00. The van der Waals surface area contributed by atoms with Gasteiger partial charge in [0.05, 0.1) is 6.10 Å². The quantitative estimate of drug-likeness (QED) is 0.817. The van der Waals surface area contributed by atoms with Gasteiger partial charge in [-0.1, -0.05) is 11.6 Å². The van der Waals surface area contributed by atoms with Crippen LogP contribution in [0.5, 0.6) is 0 Å². The number of aliphatic hydroxyl groups excluding tert-OH is 2. The van der Waals surface area contributed by atoms with Crippen molar-refractivity contribution in [2.24, 2.45) is 0 Å². The molecule has 1 fully saturated rings. The van der Waals surface area contributed by atoms with Crippen molar-refractivity contribution < 1.29 is 23.4 Å². The fourth-order valence-corrected chi connectivity index (χ4v) is 2.23. The minimum Gasteiger partial charge on any atom is -0.392 e. The van der Waals surface area contributed by atoms with Gasteiger partial charge in [0.15, 0.2) is 0 Å². The minimum atomic E-state index is -4.62. The van der Waals surface area contributed by atoms with E-state index in [2.05, 4.69) is 4.98 Å². The third-order valence-electron chi connectivity index (χ3n) is 2.95. The van der Waals surface area contributed by atoms with Gasteiger partial charge in [-0.25, -0.2) is 4.98 Å². The second-order valence-corrected chi connectivity index (χ2v) is 4.80. The van der Waals surface area contributed by atoms with Gasteiger partial charge < -0.3 is 10.2 Å². The maximum absolute atomic E-state index is 12.6. The van der Waals surface area contributed by atoms with E-state index >= 15 is 0 Å². The van der Waals surface area contributed by atoms with Gasteiger partial charge in [0.1, 0.15) is 17.1 Å². The van der Waals surface area contributed by atoms with Crippen LogP contribution in [-0.2, 0) is 6.18 Å². The number of hydrogen-bond donors (Lipinski definition) is 2. The molecule has 0 radical (unpaired) electrons. The molecule has 2 atom stereocenters. The highest BCUT2D eigenvalue weighted by molar-refractivity contribution is 6.29. The summed E-state index contributed by atoms with van der Waals surface area (Å²) in [4.78, 5) is 4.67. The monoisotopic (exact) mass is 296 g/mol. The summed E-state index contributed by atoms with van der Waals surface area (Å²) >= 11 is 5.55. The summed E-state index contributed by atoms with van der Waals surface area (Å²) in [5, 5.41) is 19.0. The first kappa shape index (κ1) is 14.5. The highest BCUT2D eigenvalue weighted by atomic mass is 35.5. The third kappa shape index (κ3) is 3.36. The molecule has 1 aromatic heterocycles. The van der Waals surface area contributed by atoms with Crippen LogP contribution in [-0.4, -0.2) is 39.3 Å².